The number of aliphatic hydroxyl groups is 2. The molecule has 0 aromatic heterocycles. The number of carboxylic acid groups (broad SMARTS) is 1. The van der Waals surface area contributed by atoms with Crippen molar-refractivity contribution >= 4 is 17.6 Å². The van der Waals surface area contributed by atoms with Crippen LogP contribution in [-0.2, 0) is 4.79 Å². The van der Waals surface area contributed by atoms with Gasteiger partial charge in [-0.3, -0.25) is 0 Å². The summed E-state index contributed by atoms with van der Waals surface area (Å²) < 4.78 is 0. The summed E-state index contributed by atoms with van der Waals surface area (Å²) in [5.41, 5.74) is 1.37. The maximum Gasteiger partial charge on any atom is 0.354 e. The van der Waals surface area contributed by atoms with Gasteiger partial charge in [0.1, 0.15) is 6.10 Å². The Balaban J connectivity index is 2.41. The fourth-order valence-corrected chi connectivity index (χ4v) is 3.51. The highest BCUT2D eigenvalue weighted by molar-refractivity contribution is 6.32. The van der Waals surface area contributed by atoms with Crippen LogP contribution in [0.3, 0.4) is 0 Å². The van der Waals surface area contributed by atoms with Crippen molar-refractivity contribution in [3.8, 4) is 0 Å². The number of alkyl halides is 1. The van der Waals surface area contributed by atoms with Gasteiger partial charge in [0.2, 0.25) is 0 Å². The van der Waals surface area contributed by atoms with Gasteiger partial charge >= 0.3 is 5.97 Å². The second kappa shape index (κ2) is 11.7. The number of hydrogen-bond acceptors (Lipinski definition) is 3. The van der Waals surface area contributed by atoms with E-state index in [0.717, 1.165) is 19.3 Å². The third-order valence-corrected chi connectivity index (χ3v) is 5.69. The average molecular weight is 399 g/mol. The number of aliphatic carboxylic acids is 1. The molecule has 0 saturated heterocycles. The first-order valence-corrected chi connectivity index (χ1v) is 10.3. The first-order valence-electron chi connectivity index (χ1n) is 9.92. The number of carboxylic acids is 1. The number of allylic oxidation sites excluding steroid dienone is 5. The molecule has 0 heterocycles. The largest absolute Gasteiger partial charge is 0.478 e. The first-order chi connectivity index (χ1) is 12.6. The molecule has 0 aromatic rings. The van der Waals surface area contributed by atoms with E-state index in [0.29, 0.717) is 17.8 Å². The molecular formula is C22H35ClO4. The van der Waals surface area contributed by atoms with Crippen LogP contribution in [0.5, 0.6) is 0 Å². The minimum atomic E-state index is -2.63. The Morgan fingerprint density at radius 3 is 2.52 bits per heavy atom. The van der Waals surface area contributed by atoms with Gasteiger partial charge in [0.05, 0.1) is 0 Å². The summed E-state index contributed by atoms with van der Waals surface area (Å²) in [6.07, 6.45) is 15.9. The monoisotopic (exact) mass is 398 g/mol. The van der Waals surface area contributed by atoms with Crippen molar-refractivity contribution in [3.63, 3.8) is 0 Å². The quantitative estimate of drug-likeness (QED) is 0.336. The maximum atomic E-state index is 10.8. The summed E-state index contributed by atoms with van der Waals surface area (Å²) in [7, 11) is 0. The number of aliphatic hydroxyl groups excluding tert-OH is 1. The van der Waals surface area contributed by atoms with Crippen LogP contribution in [0.4, 0.5) is 0 Å². The molecule has 1 rings (SSSR count). The van der Waals surface area contributed by atoms with Crippen molar-refractivity contribution in [2.24, 2.45) is 17.8 Å². The highest BCUT2D eigenvalue weighted by atomic mass is 35.5. The van der Waals surface area contributed by atoms with Gasteiger partial charge in [-0.1, -0.05) is 60.9 Å². The fourth-order valence-electron chi connectivity index (χ4n) is 3.43. The smallest absolute Gasteiger partial charge is 0.354 e. The predicted molar refractivity (Wildman–Crippen MR) is 111 cm³/mol. The van der Waals surface area contributed by atoms with Crippen LogP contribution >= 0.6 is 11.6 Å². The molecule has 154 valence electrons. The molecule has 1 fully saturated rings. The third kappa shape index (κ3) is 8.63. The predicted octanol–water partition coefficient (Wildman–Crippen LogP) is 5.05. The topological polar surface area (TPSA) is 77.8 Å². The van der Waals surface area contributed by atoms with E-state index >= 15 is 0 Å². The van der Waals surface area contributed by atoms with Crippen molar-refractivity contribution < 1.29 is 20.1 Å². The molecule has 1 aliphatic carbocycles. The Kier molecular flexibility index (Phi) is 10.4. The van der Waals surface area contributed by atoms with E-state index in [-0.39, 0.29) is 6.42 Å². The van der Waals surface area contributed by atoms with Gasteiger partial charge in [-0.15, -0.1) is 0 Å². The van der Waals surface area contributed by atoms with Crippen molar-refractivity contribution in [2.75, 3.05) is 0 Å². The van der Waals surface area contributed by atoms with E-state index in [4.69, 9.17) is 16.7 Å². The van der Waals surface area contributed by atoms with Gasteiger partial charge in [0.15, 0.2) is 0 Å². The second-order valence-electron chi connectivity index (χ2n) is 8.08. The summed E-state index contributed by atoms with van der Waals surface area (Å²) in [4.78, 5) is 10.8. The zero-order valence-electron chi connectivity index (χ0n) is 16.8. The lowest BCUT2D eigenvalue weighted by Gasteiger charge is -2.20. The van der Waals surface area contributed by atoms with E-state index in [1.165, 1.54) is 24.8 Å². The molecule has 0 amide bonds. The SMILES string of the molecule is CC(C)=CCC(C)CC=C[C@H]1CCC[C@@H]1CC=CCC(O)C(O)(Cl)C(=O)O. The van der Waals surface area contributed by atoms with E-state index in [9.17, 15) is 15.0 Å². The van der Waals surface area contributed by atoms with Crippen LogP contribution in [0.15, 0.2) is 36.0 Å². The Bertz CT molecular complexity index is 547. The summed E-state index contributed by atoms with van der Waals surface area (Å²) in [6.45, 7) is 6.54. The van der Waals surface area contributed by atoms with Gasteiger partial charge in [0.25, 0.3) is 5.06 Å². The van der Waals surface area contributed by atoms with Crippen LogP contribution in [-0.4, -0.2) is 32.5 Å². The van der Waals surface area contributed by atoms with Crippen molar-refractivity contribution in [3.05, 3.63) is 36.0 Å². The summed E-state index contributed by atoms with van der Waals surface area (Å²) in [5, 5.41) is 25.3. The van der Waals surface area contributed by atoms with Crippen LogP contribution in [0, 0.1) is 17.8 Å². The van der Waals surface area contributed by atoms with E-state index in [2.05, 4.69) is 39.0 Å². The van der Waals surface area contributed by atoms with Crippen LogP contribution < -0.4 is 0 Å². The zero-order chi connectivity index (χ0) is 20.4. The molecule has 0 radical (unpaired) electrons. The minimum absolute atomic E-state index is 0.0153. The Labute approximate surface area is 168 Å². The van der Waals surface area contributed by atoms with Crippen molar-refractivity contribution in [2.45, 2.75) is 76.9 Å². The maximum absolute atomic E-state index is 10.8. The molecule has 4 nitrogen and oxygen atoms in total. The number of hydrogen-bond donors (Lipinski definition) is 3. The van der Waals surface area contributed by atoms with Gasteiger partial charge < -0.3 is 15.3 Å². The minimum Gasteiger partial charge on any atom is -0.478 e. The van der Waals surface area contributed by atoms with Gasteiger partial charge in [-0.25, -0.2) is 4.79 Å². The average Bonchev–Trinajstić information content (AvgIpc) is 3.03. The molecular weight excluding hydrogens is 364 g/mol. The summed E-state index contributed by atoms with van der Waals surface area (Å²) in [6, 6.07) is 0. The Morgan fingerprint density at radius 2 is 1.89 bits per heavy atom. The summed E-state index contributed by atoms with van der Waals surface area (Å²) in [5.74, 6) is 0.182. The molecule has 3 unspecified atom stereocenters. The lowest BCUT2D eigenvalue weighted by atomic mass is 9.91. The number of carbonyl (C=O) groups is 1. The van der Waals surface area contributed by atoms with Gasteiger partial charge in [-0.05, 0) is 70.1 Å². The number of halogens is 1. The molecule has 1 saturated carbocycles. The molecule has 1 aliphatic rings. The molecule has 5 heteroatoms. The standard InChI is InChI=1S/C22H35ClO4/c1-16(2)14-15-17(3)8-6-10-19-12-7-11-18(19)9-4-5-13-20(24)22(23,27)21(25)26/h4-6,10,14,17-20,24,27H,7-9,11-13,15H2,1-3H3,(H,25,26)/t17?,18-,19-,20?,22?/m0/s1. The molecule has 3 N–H and O–H groups in total. The lowest BCUT2D eigenvalue weighted by Crippen LogP contribution is -2.44. The van der Waals surface area contributed by atoms with Gasteiger partial charge in [0, 0.05) is 0 Å². The Hall–Kier alpha value is -1.10. The zero-order valence-corrected chi connectivity index (χ0v) is 17.5. The fraction of sp³-hybridized carbons (Fsp3) is 0.682. The highest BCUT2D eigenvalue weighted by Crippen LogP contribution is 2.35. The molecule has 0 aliphatic heterocycles. The van der Waals surface area contributed by atoms with Crippen LogP contribution in [0.25, 0.3) is 0 Å². The number of rotatable bonds is 11. The summed E-state index contributed by atoms with van der Waals surface area (Å²) >= 11 is 5.43. The van der Waals surface area contributed by atoms with E-state index in [1.54, 1.807) is 6.08 Å². The first kappa shape index (κ1) is 23.9. The van der Waals surface area contributed by atoms with E-state index in [1.807, 2.05) is 6.08 Å². The second-order valence-corrected chi connectivity index (χ2v) is 8.65. The Morgan fingerprint density at radius 1 is 1.19 bits per heavy atom. The van der Waals surface area contributed by atoms with Crippen LogP contribution in [0.1, 0.15) is 65.7 Å². The lowest BCUT2D eigenvalue weighted by molar-refractivity contribution is -0.158. The molecule has 5 atom stereocenters. The highest BCUT2D eigenvalue weighted by Gasteiger charge is 2.40. The molecule has 0 spiro atoms. The van der Waals surface area contributed by atoms with Crippen molar-refractivity contribution in [1.29, 1.82) is 0 Å². The normalized spacial score (nSPS) is 24.8. The molecule has 0 bridgehead atoms. The van der Waals surface area contributed by atoms with Crippen LogP contribution in [0.2, 0.25) is 0 Å². The molecule has 27 heavy (non-hydrogen) atoms. The molecule has 0 aromatic carbocycles. The van der Waals surface area contributed by atoms with E-state index < -0.39 is 17.1 Å². The van der Waals surface area contributed by atoms with Crippen molar-refractivity contribution in [1.82, 2.24) is 0 Å². The van der Waals surface area contributed by atoms with Gasteiger partial charge in [-0.2, -0.15) is 0 Å². The third-order valence-electron chi connectivity index (χ3n) is 5.27.